The first kappa shape index (κ1) is 21.1. The minimum Gasteiger partial charge on any atom is -0.0859 e. The molecule has 0 fully saturated rings. The van der Waals surface area contributed by atoms with E-state index in [1.165, 1.54) is 21.7 Å². The summed E-state index contributed by atoms with van der Waals surface area (Å²) in [5.41, 5.74) is 2.52. The van der Waals surface area contributed by atoms with E-state index in [4.69, 9.17) is 23.2 Å². The topological polar surface area (TPSA) is 0 Å². The third kappa shape index (κ3) is 6.15. The van der Waals surface area contributed by atoms with Crippen LogP contribution in [-0.4, -0.2) is 0 Å². The molecule has 0 aliphatic rings. The van der Waals surface area contributed by atoms with E-state index in [1.807, 2.05) is 12.1 Å². The van der Waals surface area contributed by atoms with Gasteiger partial charge in [-0.05, 0) is 40.1 Å². The van der Waals surface area contributed by atoms with Crippen molar-refractivity contribution in [3.05, 3.63) is 94.0 Å². The molecule has 3 aromatic rings. The van der Waals surface area contributed by atoms with Crippen LogP contribution in [0.5, 0.6) is 0 Å². The molecule has 0 aromatic heterocycles. The van der Waals surface area contributed by atoms with E-state index >= 15 is 0 Å². The van der Waals surface area contributed by atoms with Crippen LogP contribution >= 0.6 is 40.4 Å². The molecule has 0 bridgehead atoms. The van der Waals surface area contributed by atoms with Crippen LogP contribution in [0.4, 0.5) is 0 Å². The smallest absolute Gasteiger partial charge is 0.0859 e. The van der Waals surface area contributed by atoms with E-state index in [-0.39, 0.29) is 20.4 Å². The zero-order chi connectivity index (χ0) is 16.8. The van der Waals surface area contributed by atoms with Crippen LogP contribution in [0.2, 0.25) is 10.0 Å². The maximum Gasteiger partial charge on any atom is 2.00 e. The van der Waals surface area contributed by atoms with E-state index in [0.717, 1.165) is 25.9 Å². The van der Waals surface area contributed by atoms with Crippen molar-refractivity contribution in [3.8, 4) is 0 Å². The molecule has 0 radical (unpaired) electrons. The Labute approximate surface area is 176 Å². The summed E-state index contributed by atoms with van der Waals surface area (Å²) < 4.78 is 0. The normalized spacial score (nSPS) is 11.3. The standard InChI is InChI=1S/C20H18Cl2P2.Pd/c21-19-12-11-15(13-23-16-7-3-1-4-8-16)18(20(19)22)14-24-17-9-5-2-6-10-17;/h1-12,23-24H,13-14H2;/q;+2. The predicted molar refractivity (Wildman–Crippen MR) is 113 cm³/mol. The molecule has 0 spiro atoms. The van der Waals surface area contributed by atoms with Crippen molar-refractivity contribution < 1.29 is 20.4 Å². The van der Waals surface area contributed by atoms with Crippen LogP contribution in [0.1, 0.15) is 11.1 Å². The summed E-state index contributed by atoms with van der Waals surface area (Å²) in [6.45, 7) is 0. The van der Waals surface area contributed by atoms with Crippen molar-refractivity contribution in [2.75, 3.05) is 0 Å². The SMILES string of the molecule is Clc1ccc(CPc2ccccc2)c(CPc2ccccc2)c1Cl.[Pd+2]. The van der Waals surface area contributed by atoms with Crippen LogP contribution in [0, 0.1) is 0 Å². The molecule has 0 heterocycles. The maximum absolute atomic E-state index is 6.52. The first-order valence-electron chi connectivity index (χ1n) is 7.77. The summed E-state index contributed by atoms with van der Waals surface area (Å²) >= 11 is 12.8. The monoisotopic (exact) mass is 496 g/mol. The second kappa shape index (κ2) is 10.8. The summed E-state index contributed by atoms with van der Waals surface area (Å²) in [5, 5.41) is 4.09. The Bertz CT molecular complexity index is 796. The molecule has 25 heavy (non-hydrogen) atoms. The summed E-state index contributed by atoms with van der Waals surface area (Å²) in [6, 6.07) is 25.2. The fraction of sp³-hybridized carbons (Fsp3) is 0.100. The average molecular weight is 498 g/mol. The molecule has 0 aliphatic heterocycles. The van der Waals surface area contributed by atoms with Crippen LogP contribution in [0.3, 0.4) is 0 Å². The van der Waals surface area contributed by atoms with Gasteiger partial charge in [-0.2, -0.15) is 0 Å². The van der Waals surface area contributed by atoms with Crippen LogP contribution in [0.15, 0.2) is 72.8 Å². The average Bonchev–Trinajstić information content (AvgIpc) is 2.63. The third-order valence-corrected chi connectivity index (χ3v) is 7.21. The van der Waals surface area contributed by atoms with E-state index < -0.39 is 0 Å². The van der Waals surface area contributed by atoms with Gasteiger partial charge in [-0.15, -0.1) is 0 Å². The van der Waals surface area contributed by atoms with Gasteiger partial charge in [0.1, 0.15) is 0 Å². The molecule has 0 aliphatic carbocycles. The molecular weight excluding hydrogens is 479 g/mol. The van der Waals surface area contributed by atoms with E-state index in [9.17, 15) is 0 Å². The van der Waals surface area contributed by atoms with Gasteiger partial charge in [0.2, 0.25) is 0 Å². The number of hydrogen-bond donors (Lipinski definition) is 0. The van der Waals surface area contributed by atoms with Crippen molar-refractivity contribution in [2.24, 2.45) is 0 Å². The van der Waals surface area contributed by atoms with Crippen LogP contribution < -0.4 is 10.6 Å². The first-order valence-corrected chi connectivity index (χ1v) is 10.9. The molecule has 3 aromatic carbocycles. The largest absolute Gasteiger partial charge is 2.00 e. The van der Waals surface area contributed by atoms with E-state index in [0.29, 0.717) is 13.6 Å². The van der Waals surface area contributed by atoms with Gasteiger partial charge in [-0.1, -0.05) is 107 Å². The van der Waals surface area contributed by atoms with Gasteiger partial charge in [0.25, 0.3) is 0 Å². The zero-order valence-electron chi connectivity index (χ0n) is 13.4. The van der Waals surface area contributed by atoms with Gasteiger partial charge in [0.15, 0.2) is 0 Å². The number of hydrogen-bond acceptors (Lipinski definition) is 0. The fourth-order valence-electron chi connectivity index (χ4n) is 2.49. The molecule has 130 valence electrons. The van der Waals surface area contributed by atoms with E-state index in [1.54, 1.807) is 0 Å². The van der Waals surface area contributed by atoms with Crippen molar-refractivity contribution in [2.45, 2.75) is 12.3 Å². The number of rotatable bonds is 6. The van der Waals surface area contributed by atoms with Crippen LogP contribution in [-0.2, 0) is 32.7 Å². The molecule has 5 heteroatoms. The van der Waals surface area contributed by atoms with Gasteiger partial charge in [0.05, 0.1) is 10.0 Å². The van der Waals surface area contributed by atoms with Gasteiger partial charge >= 0.3 is 20.4 Å². The Kier molecular flexibility index (Phi) is 9.10. The summed E-state index contributed by atoms with van der Waals surface area (Å²) in [4.78, 5) is 0. The van der Waals surface area contributed by atoms with Gasteiger partial charge < -0.3 is 0 Å². The molecule has 0 amide bonds. The quantitative estimate of drug-likeness (QED) is 0.290. The van der Waals surface area contributed by atoms with Gasteiger partial charge in [-0.3, -0.25) is 0 Å². The van der Waals surface area contributed by atoms with Gasteiger partial charge in [0, 0.05) is 0 Å². The Hall–Kier alpha value is -0.238. The van der Waals surface area contributed by atoms with E-state index in [2.05, 4.69) is 60.7 Å². The molecule has 0 nitrogen and oxygen atoms in total. The predicted octanol–water partition coefficient (Wildman–Crippen LogP) is 6.00. The van der Waals surface area contributed by atoms with Crippen molar-refractivity contribution >= 4 is 51.0 Å². The second-order valence-electron chi connectivity index (χ2n) is 5.44. The Morgan fingerprint density at radius 1 is 0.640 bits per heavy atom. The number of benzene rings is 3. The molecule has 2 unspecified atom stereocenters. The molecule has 0 saturated heterocycles. The minimum atomic E-state index is 0. The zero-order valence-corrected chi connectivity index (χ0v) is 18.5. The van der Waals surface area contributed by atoms with Gasteiger partial charge in [-0.25, -0.2) is 0 Å². The molecule has 2 atom stereocenters. The van der Waals surface area contributed by atoms with Crippen LogP contribution in [0.25, 0.3) is 0 Å². The Morgan fingerprint density at radius 3 is 1.72 bits per heavy atom. The molecule has 0 saturated carbocycles. The summed E-state index contributed by atoms with van der Waals surface area (Å²) in [6.07, 6.45) is 1.95. The first-order chi connectivity index (χ1) is 11.7. The van der Waals surface area contributed by atoms with Crippen molar-refractivity contribution in [1.29, 1.82) is 0 Å². The number of halogens is 2. The second-order valence-corrected chi connectivity index (χ2v) is 8.79. The molecular formula is C20H18Cl2P2Pd+2. The molecule has 0 N–H and O–H groups in total. The molecule has 3 rings (SSSR count). The third-order valence-electron chi connectivity index (χ3n) is 3.79. The summed E-state index contributed by atoms with van der Waals surface area (Å²) in [5.74, 6) is 0. The minimum absolute atomic E-state index is 0. The van der Waals surface area contributed by atoms with Crippen molar-refractivity contribution in [3.63, 3.8) is 0 Å². The summed E-state index contributed by atoms with van der Waals surface area (Å²) in [7, 11) is 1.45. The Morgan fingerprint density at radius 2 is 1.16 bits per heavy atom. The van der Waals surface area contributed by atoms with Crippen molar-refractivity contribution in [1.82, 2.24) is 0 Å². The Balaban J connectivity index is 0.00000225. The fourth-order valence-corrected chi connectivity index (χ4v) is 5.40. The maximum atomic E-state index is 6.52.